The molecule has 0 aliphatic rings. The normalized spacial score (nSPS) is 13.6. The van der Waals surface area contributed by atoms with Gasteiger partial charge in [-0.1, -0.05) is 36.4 Å². The van der Waals surface area contributed by atoms with Gasteiger partial charge in [0.25, 0.3) is 0 Å². The molecule has 0 fully saturated rings. The van der Waals surface area contributed by atoms with Crippen LogP contribution in [0.25, 0.3) is 10.9 Å². The third-order valence-corrected chi connectivity index (χ3v) is 4.35. The van der Waals surface area contributed by atoms with E-state index in [-0.39, 0.29) is 17.9 Å². The summed E-state index contributed by atoms with van der Waals surface area (Å²) in [7, 11) is 1.66. The van der Waals surface area contributed by atoms with Gasteiger partial charge >= 0.3 is 0 Å². The van der Waals surface area contributed by atoms with E-state index in [1.54, 1.807) is 13.3 Å². The molecule has 2 aromatic carbocycles. The average molecular weight is 322 g/mol. The quantitative estimate of drug-likeness (QED) is 0.672. The lowest BCUT2D eigenvalue weighted by molar-refractivity contribution is 0.0947. The lowest BCUT2D eigenvalue weighted by Crippen LogP contribution is -2.35. The fourth-order valence-corrected chi connectivity index (χ4v) is 3.07. The molecule has 3 rings (SSSR count). The highest BCUT2D eigenvalue weighted by atomic mass is 16.5. The molecule has 0 spiro atoms. The number of ether oxygens (including phenoxy) is 1. The van der Waals surface area contributed by atoms with Crippen LogP contribution < -0.4 is 10.1 Å². The predicted molar refractivity (Wildman–Crippen MR) is 96.6 cm³/mol. The van der Waals surface area contributed by atoms with Gasteiger partial charge < -0.3 is 15.0 Å². The van der Waals surface area contributed by atoms with Crippen molar-refractivity contribution in [3.8, 4) is 5.75 Å². The number of Topliss-reactive ketones (excluding diaryl/α,β-unsaturated/α-hetero) is 1. The Balaban J connectivity index is 1.79. The molecule has 2 N–H and O–H groups in total. The molecule has 124 valence electrons. The molecule has 0 aliphatic carbocycles. The van der Waals surface area contributed by atoms with E-state index in [2.05, 4.69) is 10.3 Å². The Hall–Kier alpha value is -2.59. The molecule has 0 bridgehead atoms. The Bertz CT molecular complexity index is 853. The molecule has 2 unspecified atom stereocenters. The van der Waals surface area contributed by atoms with Crippen molar-refractivity contribution in [3.63, 3.8) is 0 Å². The molecule has 2 atom stereocenters. The molecule has 24 heavy (non-hydrogen) atoms. The first-order chi connectivity index (χ1) is 11.6. The van der Waals surface area contributed by atoms with E-state index in [1.165, 1.54) is 0 Å². The highest BCUT2D eigenvalue weighted by Crippen LogP contribution is 2.25. The Labute approximate surface area is 141 Å². The fraction of sp³-hybridized carbons (Fsp3) is 0.250. The molecular formula is C20H22N2O2. The third kappa shape index (κ3) is 3.05. The summed E-state index contributed by atoms with van der Waals surface area (Å²) in [6, 6.07) is 15.4. The van der Waals surface area contributed by atoms with Crippen molar-refractivity contribution in [2.45, 2.75) is 25.9 Å². The van der Waals surface area contributed by atoms with Gasteiger partial charge in [-0.05, 0) is 26.0 Å². The number of aromatic nitrogens is 1. The molecule has 0 radical (unpaired) electrons. The van der Waals surface area contributed by atoms with Crippen LogP contribution in [-0.4, -0.2) is 23.9 Å². The fourth-order valence-electron chi connectivity index (χ4n) is 3.07. The van der Waals surface area contributed by atoms with Crippen molar-refractivity contribution in [2.75, 3.05) is 7.11 Å². The highest BCUT2D eigenvalue weighted by molar-refractivity contribution is 6.10. The number of nitrogens with one attached hydrogen (secondary N) is 2. The number of fused-ring (bicyclic) bond motifs is 1. The van der Waals surface area contributed by atoms with Gasteiger partial charge in [0, 0.05) is 34.3 Å². The van der Waals surface area contributed by atoms with Gasteiger partial charge in [0.2, 0.25) is 0 Å². The van der Waals surface area contributed by atoms with Crippen LogP contribution in [-0.2, 0) is 0 Å². The van der Waals surface area contributed by atoms with Gasteiger partial charge in [0.1, 0.15) is 5.75 Å². The van der Waals surface area contributed by atoms with E-state index >= 15 is 0 Å². The van der Waals surface area contributed by atoms with E-state index in [9.17, 15) is 4.79 Å². The van der Waals surface area contributed by atoms with Crippen molar-refractivity contribution < 1.29 is 9.53 Å². The largest absolute Gasteiger partial charge is 0.496 e. The molecule has 1 heterocycles. The summed E-state index contributed by atoms with van der Waals surface area (Å²) in [5, 5.41) is 4.34. The minimum atomic E-state index is -0.302. The van der Waals surface area contributed by atoms with Crippen LogP contribution in [0, 0.1) is 0 Å². The van der Waals surface area contributed by atoms with Crippen LogP contribution in [0.2, 0.25) is 0 Å². The summed E-state index contributed by atoms with van der Waals surface area (Å²) in [4.78, 5) is 16.0. The molecule has 4 nitrogen and oxygen atoms in total. The average Bonchev–Trinajstić information content (AvgIpc) is 3.04. The van der Waals surface area contributed by atoms with Crippen molar-refractivity contribution in [2.24, 2.45) is 0 Å². The van der Waals surface area contributed by atoms with Crippen molar-refractivity contribution in [1.82, 2.24) is 10.3 Å². The lowest BCUT2D eigenvalue weighted by Gasteiger charge is -2.21. The number of H-pyrrole nitrogens is 1. The monoisotopic (exact) mass is 322 g/mol. The molecule has 0 saturated heterocycles. The number of carbonyl (C=O) groups excluding carboxylic acids is 1. The van der Waals surface area contributed by atoms with Gasteiger partial charge in [-0.25, -0.2) is 0 Å². The summed E-state index contributed by atoms with van der Waals surface area (Å²) < 4.78 is 5.41. The maximum atomic E-state index is 12.8. The van der Waals surface area contributed by atoms with Crippen LogP contribution in [0.4, 0.5) is 0 Å². The zero-order valence-corrected chi connectivity index (χ0v) is 14.2. The van der Waals surface area contributed by atoms with E-state index < -0.39 is 0 Å². The Morgan fingerprint density at radius 1 is 1.08 bits per heavy atom. The number of ketones is 1. The van der Waals surface area contributed by atoms with Crippen LogP contribution in [0.3, 0.4) is 0 Å². The molecule has 0 amide bonds. The number of hydrogen-bond acceptors (Lipinski definition) is 3. The number of carbonyl (C=O) groups is 1. The Morgan fingerprint density at radius 2 is 1.79 bits per heavy atom. The first-order valence-corrected chi connectivity index (χ1v) is 8.11. The minimum absolute atomic E-state index is 0.00491. The van der Waals surface area contributed by atoms with Crippen molar-refractivity contribution >= 4 is 16.7 Å². The van der Waals surface area contributed by atoms with Crippen LogP contribution in [0.15, 0.2) is 54.7 Å². The number of rotatable bonds is 6. The Kier molecular flexibility index (Phi) is 4.67. The summed E-state index contributed by atoms with van der Waals surface area (Å²) in [6.45, 7) is 3.94. The summed E-state index contributed by atoms with van der Waals surface area (Å²) in [5.74, 6) is 0.901. The predicted octanol–water partition coefficient (Wildman–Crippen LogP) is 4.10. The second kappa shape index (κ2) is 6.89. The van der Waals surface area contributed by atoms with Gasteiger partial charge in [0.05, 0.1) is 13.2 Å². The summed E-state index contributed by atoms with van der Waals surface area (Å²) in [6.07, 6.45) is 1.79. The van der Waals surface area contributed by atoms with Crippen LogP contribution >= 0.6 is 0 Å². The van der Waals surface area contributed by atoms with Gasteiger partial charge in [0.15, 0.2) is 5.78 Å². The van der Waals surface area contributed by atoms with Gasteiger partial charge in [-0.3, -0.25) is 4.79 Å². The van der Waals surface area contributed by atoms with Crippen LogP contribution in [0.5, 0.6) is 5.75 Å². The zero-order chi connectivity index (χ0) is 17.1. The topological polar surface area (TPSA) is 54.1 Å². The maximum absolute atomic E-state index is 12.8. The summed E-state index contributed by atoms with van der Waals surface area (Å²) in [5.41, 5.74) is 2.74. The number of aromatic amines is 1. The second-order valence-corrected chi connectivity index (χ2v) is 5.96. The molecule has 4 heteroatoms. The lowest BCUT2D eigenvalue weighted by atomic mass is 10.0. The first-order valence-electron chi connectivity index (χ1n) is 8.11. The zero-order valence-electron chi connectivity index (χ0n) is 14.2. The molecule has 3 aromatic rings. The van der Waals surface area contributed by atoms with Gasteiger partial charge in [-0.15, -0.1) is 0 Å². The molecule has 0 saturated carbocycles. The number of benzene rings is 2. The second-order valence-electron chi connectivity index (χ2n) is 5.96. The van der Waals surface area contributed by atoms with Crippen molar-refractivity contribution in [1.29, 1.82) is 0 Å². The maximum Gasteiger partial charge on any atom is 0.181 e. The molecular weight excluding hydrogens is 300 g/mol. The highest BCUT2D eigenvalue weighted by Gasteiger charge is 2.21. The molecule has 0 aliphatic heterocycles. The minimum Gasteiger partial charge on any atom is -0.496 e. The van der Waals surface area contributed by atoms with Gasteiger partial charge in [-0.2, -0.15) is 0 Å². The van der Waals surface area contributed by atoms with E-state index in [4.69, 9.17) is 4.74 Å². The smallest absolute Gasteiger partial charge is 0.181 e. The van der Waals surface area contributed by atoms with E-state index in [1.807, 2.05) is 62.4 Å². The Morgan fingerprint density at radius 3 is 2.58 bits per heavy atom. The number of hydrogen-bond donors (Lipinski definition) is 2. The summed E-state index contributed by atoms with van der Waals surface area (Å²) >= 11 is 0. The van der Waals surface area contributed by atoms with E-state index in [0.717, 1.165) is 27.8 Å². The SMILES string of the molecule is COc1ccccc1C(C)NC(C)C(=O)c1c[nH]c2ccccc12. The number of methoxy groups -OCH3 is 1. The molecule has 1 aromatic heterocycles. The third-order valence-electron chi connectivity index (χ3n) is 4.35. The van der Waals surface area contributed by atoms with E-state index in [0.29, 0.717) is 0 Å². The standard InChI is InChI=1S/C20H22N2O2/c1-13(15-8-5-7-11-19(15)24-3)22-14(2)20(23)17-12-21-18-10-6-4-9-16(17)18/h4-14,21-22H,1-3H3. The van der Waals surface area contributed by atoms with Crippen molar-refractivity contribution in [3.05, 3.63) is 65.9 Å². The first kappa shape index (κ1) is 16.3. The van der Waals surface area contributed by atoms with Crippen LogP contribution in [0.1, 0.15) is 35.8 Å². The number of para-hydroxylation sites is 2.